The van der Waals surface area contributed by atoms with Crippen molar-refractivity contribution in [1.29, 1.82) is 0 Å². The van der Waals surface area contributed by atoms with Crippen LogP contribution < -0.4 is 5.32 Å². The number of benzene rings is 2. The van der Waals surface area contributed by atoms with Gasteiger partial charge in [-0.2, -0.15) is 11.8 Å². The van der Waals surface area contributed by atoms with Crippen LogP contribution in [0.5, 0.6) is 0 Å². The number of carbonyl (C=O) groups excluding carboxylic acids is 3. The van der Waals surface area contributed by atoms with Gasteiger partial charge in [-0.15, -0.1) is 0 Å². The van der Waals surface area contributed by atoms with Gasteiger partial charge in [-0.1, -0.05) is 37.6 Å². The van der Waals surface area contributed by atoms with Crippen LogP contribution in [0.15, 0.2) is 48.5 Å². The second-order valence-electron chi connectivity index (χ2n) is 7.11. The summed E-state index contributed by atoms with van der Waals surface area (Å²) < 4.78 is 0. The van der Waals surface area contributed by atoms with Crippen LogP contribution in [0.3, 0.4) is 0 Å². The molecule has 3 amide bonds. The highest BCUT2D eigenvalue weighted by Gasteiger charge is 2.42. The third-order valence-electron chi connectivity index (χ3n) is 5.08. The molecule has 1 aliphatic rings. The topological polar surface area (TPSA) is 66.5 Å². The molecule has 2 aromatic carbocycles. The van der Waals surface area contributed by atoms with Crippen molar-refractivity contribution in [1.82, 2.24) is 4.90 Å². The van der Waals surface area contributed by atoms with E-state index in [9.17, 15) is 14.4 Å². The van der Waals surface area contributed by atoms with Crippen molar-refractivity contribution in [2.75, 3.05) is 17.3 Å². The number of fused-ring (bicyclic) bond motifs is 1. The first-order valence-electron chi connectivity index (χ1n) is 9.92. The summed E-state index contributed by atoms with van der Waals surface area (Å²) in [4.78, 5) is 39.8. The van der Waals surface area contributed by atoms with Crippen LogP contribution in [-0.4, -0.2) is 40.7 Å². The second-order valence-corrected chi connectivity index (χ2v) is 8.10. The summed E-state index contributed by atoms with van der Waals surface area (Å²) in [5.41, 5.74) is 2.62. The fourth-order valence-electron chi connectivity index (χ4n) is 3.46. The average Bonchev–Trinajstić information content (AvgIpc) is 2.99. The Balaban J connectivity index is 1.77. The molecule has 0 bridgehead atoms. The normalized spacial score (nSPS) is 14.1. The molecule has 0 spiro atoms. The number of anilines is 1. The van der Waals surface area contributed by atoms with Gasteiger partial charge in [0.1, 0.15) is 6.04 Å². The van der Waals surface area contributed by atoms with E-state index in [4.69, 9.17) is 0 Å². The summed E-state index contributed by atoms with van der Waals surface area (Å²) in [5.74, 6) is -0.472. The predicted octanol–water partition coefficient (Wildman–Crippen LogP) is 4.39. The Morgan fingerprint density at radius 3 is 2.21 bits per heavy atom. The highest BCUT2D eigenvalue weighted by molar-refractivity contribution is 7.98. The van der Waals surface area contributed by atoms with Crippen molar-refractivity contribution in [3.63, 3.8) is 0 Å². The number of nitrogens with one attached hydrogen (secondary N) is 1. The monoisotopic (exact) mass is 410 g/mol. The Hall–Kier alpha value is -2.60. The predicted molar refractivity (Wildman–Crippen MR) is 117 cm³/mol. The van der Waals surface area contributed by atoms with Crippen LogP contribution in [0.2, 0.25) is 0 Å². The molecule has 5 nitrogen and oxygen atoms in total. The van der Waals surface area contributed by atoms with Gasteiger partial charge < -0.3 is 5.32 Å². The number of rotatable bonds is 9. The van der Waals surface area contributed by atoms with Gasteiger partial charge >= 0.3 is 0 Å². The van der Waals surface area contributed by atoms with E-state index in [1.165, 1.54) is 5.56 Å². The molecule has 0 aromatic heterocycles. The molecule has 2 aromatic rings. The average molecular weight is 411 g/mol. The van der Waals surface area contributed by atoms with Crippen LogP contribution in [0.25, 0.3) is 0 Å². The SMILES string of the molecule is CCCCc1ccc(NC(=O)C(CCSC)N2C(=O)c3ccccc3C2=O)cc1. The summed E-state index contributed by atoms with van der Waals surface area (Å²) in [5, 5.41) is 2.88. The number of nitrogens with zero attached hydrogens (tertiary/aromatic N) is 1. The summed E-state index contributed by atoms with van der Waals surface area (Å²) in [6.45, 7) is 2.16. The van der Waals surface area contributed by atoms with Crippen molar-refractivity contribution >= 4 is 35.2 Å². The first kappa shape index (κ1) is 21.1. The lowest BCUT2D eigenvalue weighted by Gasteiger charge is -2.25. The molecule has 0 saturated carbocycles. The number of carbonyl (C=O) groups is 3. The van der Waals surface area contributed by atoms with Crippen molar-refractivity contribution < 1.29 is 14.4 Å². The summed E-state index contributed by atoms with van der Waals surface area (Å²) in [7, 11) is 0. The molecule has 3 rings (SSSR count). The second kappa shape index (κ2) is 9.74. The van der Waals surface area contributed by atoms with E-state index >= 15 is 0 Å². The Kier molecular flexibility index (Phi) is 7.09. The molecular formula is C23H26N2O3S. The van der Waals surface area contributed by atoms with Crippen LogP contribution in [-0.2, 0) is 11.2 Å². The van der Waals surface area contributed by atoms with E-state index in [1.54, 1.807) is 36.0 Å². The van der Waals surface area contributed by atoms with Gasteiger partial charge in [0.15, 0.2) is 0 Å². The summed E-state index contributed by atoms with van der Waals surface area (Å²) in [6.07, 6.45) is 5.62. The zero-order valence-electron chi connectivity index (χ0n) is 16.8. The number of thioether (sulfide) groups is 1. The van der Waals surface area contributed by atoms with Gasteiger partial charge in [0.05, 0.1) is 11.1 Å². The van der Waals surface area contributed by atoms with Gasteiger partial charge in [0.2, 0.25) is 5.91 Å². The Morgan fingerprint density at radius 2 is 1.66 bits per heavy atom. The molecule has 29 heavy (non-hydrogen) atoms. The molecule has 1 N–H and O–H groups in total. The van der Waals surface area contributed by atoms with E-state index in [1.807, 2.05) is 30.5 Å². The molecule has 0 fully saturated rings. The first-order chi connectivity index (χ1) is 14.1. The van der Waals surface area contributed by atoms with Crippen LogP contribution in [0.1, 0.15) is 52.5 Å². The molecule has 0 aliphatic carbocycles. The molecule has 6 heteroatoms. The van der Waals surface area contributed by atoms with E-state index in [0.717, 1.165) is 24.2 Å². The minimum atomic E-state index is -0.838. The lowest BCUT2D eigenvalue weighted by atomic mass is 10.1. The molecule has 1 aliphatic heterocycles. The molecule has 0 saturated heterocycles. The zero-order chi connectivity index (χ0) is 20.8. The number of unbranched alkanes of at least 4 members (excludes halogenated alkanes) is 1. The quantitative estimate of drug-likeness (QED) is 0.623. The van der Waals surface area contributed by atoms with Gasteiger partial charge in [0, 0.05) is 5.69 Å². The Bertz CT molecular complexity index is 860. The maximum Gasteiger partial charge on any atom is 0.262 e. The van der Waals surface area contributed by atoms with Crippen LogP contribution in [0.4, 0.5) is 5.69 Å². The smallest absolute Gasteiger partial charge is 0.262 e. The third-order valence-corrected chi connectivity index (χ3v) is 5.72. The van der Waals surface area contributed by atoms with Crippen LogP contribution >= 0.6 is 11.8 Å². The van der Waals surface area contributed by atoms with E-state index < -0.39 is 17.9 Å². The van der Waals surface area contributed by atoms with E-state index in [-0.39, 0.29) is 5.91 Å². The number of imide groups is 1. The standard InChI is InChI=1S/C23H26N2O3S/c1-3-4-7-16-10-12-17(13-11-16)24-21(26)20(14-15-29-2)25-22(27)18-8-5-6-9-19(18)23(25)28/h5-6,8-13,20H,3-4,7,14-15H2,1-2H3,(H,24,26). The lowest BCUT2D eigenvalue weighted by molar-refractivity contribution is -0.120. The van der Waals surface area contributed by atoms with E-state index in [2.05, 4.69) is 12.2 Å². The van der Waals surface area contributed by atoms with Crippen molar-refractivity contribution in [2.24, 2.45) is 0 Å². The number of hydrogen-bond acceptors (Lipinski definition) is 4. The molecule has 1 atom stereocenters. The van der Waals surface area contributed by atoms with Crippen molar-refractivity contribution in [2.45, 2.75) is 38.6 Å². The highest BCUT2D eigenvalue weighted by atomic mass is 32.2. The molecule has 1 unspecified atom stereocenters. The maximum absolute atomic E-state index is 13.0. The first-order valence-corrected chi connectivity index (χ1v) is 11.3. The van der Waals surface area contributed by atoms with Gasteiger partial charge in [0.25, 0.3) is 11.8 Å². The molecule has 1 heterocycles. The minimum absolute atomic E-state index is 0.338. The van der Waals surface area contributed by atoms with E-state index in [0.29, 0.717) is 29.0 Å². The fraction of sp³-hybridized carbons (Fsp3) is 0.348. The summed E-state index contributed by atoms with van der Waals surface area (Å²) in [6, 6.07) is 13.6. The van der Waals surface area contributed by atoms with Gasteiger partial charge in [-0.05, 0) is 61.1 Å². The van der Waals surface area contributed by atoms with Crippen LogP contribution in [0, 0.1) is 0 Å². The minimum Gasteiger partial charge on any atom is -0.324 e. The molecule has 152 valence electrons. The van der Waals surface area contributed by atoms with Gasteiger partial charge in [-0.25, -0.2) is 0 Å². The Labute approximate surface area is 175 Å². The third kappa shape index (κ3) is 4.70. The summed E-state index contributed by atoms with van der Waals surface area (Å²) >= 11 is 1.58. The Morgan fingerprint density at radius 1 is 1.03 bits per heavy atom. The number of aryl methyl sites for hydroxylation is 1. The number of hydrogen-bond donors (Lipinski definition) is 1. The highest BCUT2D eigenvalue weighted by Crippen LogP contribution is 2.27. The largest absolute Gasteiger partial charge is 0.324 e. The maximum atomic E-state index is 13.0. The number of amides is 3. The zero-order valence-corrected chi connectivity index (χ0v) is 17.6. The lowest BCUT2D eigenvalue weighted by Crippen LogP contribution is -2.47. The molecular weight excluding hydrogens is 384 g/mol. The van der Waals surface area contributed by atoms with Crippen molar-refractivity contribution in [3.05, 3.63) is 65.2 Å². The fourth-order valence-corrected chi connectivity index (χ4v) is 3.92. The molecule has 0 radical (unpaired) electrons. The van der Waals surface area contributed by atoms with Crippen molar-refractivity contribution in [3.8, 4) is 0 Å². The van der Waals surface area contributed by atoms with Gasteiger partial charge in [-0.3, -0.25) is 19.3 Å².